The summed E-state index contributed by atoms with van der Waals surface area (Å²) in [4.78, 5) is 46.2. The van der Waals surface area contributed by atoms with Gasteiger partial charge >= 0.3 is 5.97 Å². The van der Waals surface area contributed by atoms with Crippen molar-refractivity contribution in [3.05, 3.63) is 137 Å². The Kier molecular flexibility index (Phi) is 11.6. The Morgan fingerprint density at radius 3 is 2.47 bits per heavy atom. The molecular weight excluding hydrogens is 779 g/mol. The van der Waals surface area contributed by atoms with E-state index in [0.29, 0.717) is 33.8 Å². The third kappa shape index (κ3) is 8.17. The maximum atomic E-state index is 13.8. The molecule has 0 aromatic heterocycles. The second-order valence-corrected chi connectivity index (χ2v) is 17.9. The molecule has 7 rings (SSSR count). The fourth-order valence-electron chi connectivity index (χ4n) is 8.14. The molecule has 3 aliphatic heterocycles. The van der Waals surface area contributed by atoms with Crippen LogP contribution in [0.25, 0.3) is 10.8 Å². The Morgan fingerprint density at radius 2 is 1.71 bits per heavy atom. The minimum Gasteiger partial charge on any atom is -0.481 e. The Bertz CT molecular complexity index is 2500. The number of quaternary nitrogens is 1. The minimum atomic E-state index is -0.859. The van der Waals surface area contributed by atoms with Crippen LogP contribution in [0.2, 0.25) is 0 Å². The Labute approximate surface area is 355 Å². The smallest absolute Gasteiger partial charge is 0.309 e. The first-order valence-electron chi connectivity index (χ1n) is 19.6. The van der Waals surface area contributed by atoms with E-state index in [2.05, 4.69) is 94.3 Å². The number of nitrogens with zero attached hydrogens (tertiary/aromatic N) is 4. The maximum Gasteiger partial charge on any atom is 0.309 e. The van der Waals surface area contributed by atoms with Crippen LogP contribution in [0.3, 0.4) is 0 Å². The molecule has 2 amide bonds. The van der Waals surface area contributed by atoms with Crippen molar-refractivity contribution >= 4 is 79.6 Å². The molecule has 304 valence electrons. The SMILES string of the molecule is CN(C(=O)CN1C(=O)C(=CC=C2Oc3ccccc3N2C)SC1=S)c1ccc([NH2+]CCC(=O)O)c(C(C)(C)CC=CC=C2N(C)c3ccc4ccccc4c3C2(C)C)c1. The fraction of sp³-hybridized carbons (Fsp3) is 0.277. The Hall–Kier alpha value is -5.69. The highest BCUT2D eigenvalue weighted by Gasteiger charge is 2.40. The van der Waals surface area contributed by atoms with Crippen molar-refractivity contribution in [2.24, 2.45) is 0 Å². The molecule has 0 saturated carbocycles. The molecule has 0 radical (unpaired) electrons. The number of carbonyl (C=O) groups excluding carboxylic acids is 2. The van der Waals surface area contributed by atoms with E-state index in [9.17, 15) is 19.5 Å². The van der Waals surface area contributed by atoms with Crippen LogP contribution < -0.4 is 24.8 Å². The minimum absolute atomic E-state index is 0.0150. The van der Waals surface area contributed by atoms with Gasteiger partial charge in [-0.3, -0.25) is 19.3 Å². The van der Waals surface area contributed by atoms with Crippen molar-refractivity contribution in [1.29, 1.82) is 0 Å². The number of ether oxygens (including phenoxy) is 1. The van der Waals surface area contributed by atoms with E-state index in [-0.39, 0.29) is 30.2 Å². The van der Waals surface area contributed by atoms with Crippen molar-refractivity contribution < 1.29 is 29.5 Å². The molecule has 0 spiro atoms. The van der Waals surface area contributed by atoms with Crippen molar-refractivity contribution in [3.8, 4) is 5.75 Å². The Balaban J connectivity index is 1.07. The van der Waals surface area contributed by atoms with Gasteiger partial charge in [0, 0.05) is 61.3 Å². The third-order valence-electron chi connectivity index (χ3n) is 11.5. The highest BCUT2D eigenvalue weighted by Crippen LogP contribution is 2.50. The number of aliphatic carboxylic acids is 1. The molecule has 0 unspecified atom stereocenters. The van der Waals surface area contributed by atoms with Gasteiger partial charge in [-0.05, 0) is 70.7 Å². The monoisotopic (exact) mass is 828 g/mol. The number of carboxylic acid groups (broad SMARTS) is 1. The molecule has 3 heterocycles. The number of amides is 2. The van der Waals surface area contributed by atoms with Gasteiger partial charge in [-0.15, -0.1) is 0 Å². The molecule has 1 saturated heterocycles. The van der Waals surface area contributed by atoms with E-state index in [1.165, 1.54) is 32.6 Å². The topological polar surface area (TPSA) is 110 Å². The number of carbonyl (C=O) groups is 3. The lowest BCUT2D eigenvalue weighted by molar-refractivity contribution is -0.571. The number of thioether (sulfide) groups is 1. The van der Waals surface area contributed by atoms with Gasteiger partial charge in [0.25, 0.3) is 5.91 Å². The van der Waals surface area contributed by atoms with Gasteiger partial charge in [-0.1, -0.05) is 106 Å². The average Bonchev–Trinajstić information content (AvgIpc) is 3.75. The van der Waals surface area contributed by atoms with Crippen LogP contribution in [-0.4, -0.2) is 66.3 Å². The molecular formula is C47H50N5O5S2+. The molecule has 4 aromatic rings. The molecule has 12 heteroatoms. The number of allylic oxidation sites excluding steroid dienone is 6. The van der Waals surface area contributed by atoms with Gasteiger partial charge in [0.15, 0.2) is 11.6 Å². The van der Waals surface area contributed by atoms with Crippen LogP contribution >= 0.6 is 24.0 Å². The zero-order chi connectivity index (χ0) is 42.2. The van der Waals surface area contributed by atoms with Crippen LogP contribution in [0.5, 0.6) is 5.75 Å². The van der Waals surface area contributed by atoms with Crippen LogP contribution in [0, 0.1) is 0 Å². The summed E-state index contributed by atoms with van der Waals surface area (Å²) >= 11 is 6.72. The summed E-state index contributed by atoms with van der Waals surface area (Å²) in [6, 6.07) is 26.4. The van der Waals surface area contributed by atoms with Gasteiger partial charge in [0.2, 0.25) is 5.91 Å². The molecule has 0 bridgehead atoms. The van der Waals surface area contributed by atoms with Crippen LogP contribution in [-0.2, 0) is 25.2 Å². The number of carboxylic acids is 1. The molecule has 0 aliphatic carbocycles. The number of anilines is 3. The fourth-order valence-corrected chi connectivity index (χ4v) is 9.34. The first kappa shape index (κ1) is 41.5. The number of para-hydroxylation sites is 2. The van der Waals surface area contributed by atoms with E-state index in [0.717, 1.165) is 34.4 Å². The normalized spacial score (nSPS) is 18.2. The van der Waals surface area contributed by atoms with Gasteiger partial charge in [-0.2, -0.15) is 0 Å². The van der Waals surface area contributed by atoms with Crippen LogP contribution in [0.4, 0.5) is 22.7 Å². The first-order chi connectivity index (χ1) is 28.1. The van der Waals surface area contributed by atoms with Crippen LogP contribution in [0.15, 0.2) is 126 Å². The molecule has 1 fully saturated rings. The number of fused-ring (bicyclic) bond motifs is 4. The summed E-state index contributed by atoms with van der Waals surface area (Å²) in [5, 5.41) is 13.8. The predicted octanol–water partition coefficient (Wildman–Crippen LogP) is 8.12. The number of hydrogen-bond donors (Lipinski definition) is 2. The zero-order valence-corrected chi connectivity index (χ0v) is 36.1. The third-order valence-corrected chi connectivity index (χ3v) is 12.9. The predicted molar refractivity (Wildman–Crippen MR) is 242 cm³/mol. The van der Waals surface area contributed by atoms with Gasteiger partial charge in [-0.25, -0.2) is 0 Å². The number of nitrogens with two attached hydrogens (primary N) is 1. The average molecular weight is 829 g/mol. The molecule has 10 nitrogen and oxygen atoms in total. The van der Waals surface area contributed by atoms with Gasteiger partial charge in [0.1, 0.15) is 16.6 Å². The van der Waals surface area contributed by atoms with Crippen molar-refractivity contribution in [2.75, 3.05) is 48.9 Å². The van der Waals surface area contributed by atoms with Crippen molar-refractivity contribution in [1.82, 2.24) is 4.90 Å². The molecule has 4 aromatic carbocycles. The first-order valence-corrected chi connectivity index (χ1v) is 20.9. The number of rotatable bonds is 12. The largest absolute Gasteiger partial charge is 0.481 e. The lowest BCUT2D eigenvalue weighted by atomic mass is 9.79. The second kappa shape index (κ2) is 16.5. The summed E-state index contributed by atoms with van der Waals surface area (Å²) < 4.78 is 6.25. The number of thiocarbonyl (C=S) groups is 1. The number of hydrogen-bond acceptors (Lipinski definition) is 8. The van der Waals surface area contributed by atoms with Crippen molar-refractivity contribution in [3.63, 3.8) is 0 Å². The molecule has 3 N–H and O–H groups in total. The summed E-state index contributed by atoms with van der Waals surface area (Å²) in [5.41, 5.74) is 6.64. The summed E-state index contributed by atoms with van der Waals surface area (Å²) in [7, 11) is 5.71. The molecule has 0 atom stereocenters. The molecule has 59 heavy (non-hydrogen) atoms. The number of benzene rings is 4. The lowest BCUT2D eigenvalue weighted by Crippen LogP contribution is -2.79. The number of likely N-dealkylation sites (N-methyl/N-ethyl adjacent to an activating group) is 2. The van der Waals surface area contributed by atoms with E-state index >= 15 is 0 Å². The summed E-state index contributed by atoms with van der Waals surface area (Å²) in [6.07, 6.45) is 10.6. The second-order valence-electron chi connectivity index (χ2n) is 16.2. The van der Waals surface area contributed by atoms with Gasteiger partial charge in [0.05, 0.1) is 23.6 Å². The van der Waals surface area contributed by atoms with E-state index in [1.54, 1.807) is 24.1 Å². The van der Waals surface area contributed by atoms with E-state index < -0.39 is 11.4 Å². The lowest BCUT2D eigenvalue weighted by Gasteiger charge is -2.28. The van der Waals surface area contributed by atoms with E-state index in [4.69, 9.17) is 17.0 Å². The maximum absolute atomic E-state index is 13.8. The standard InChI is InChI=1S/C47H49N5O5S2/c1-46(2,26-13-12-18-39-47(3,4)43-32-15-9-8-14-30(32)19-22-36(43)50(39)6)33-28-31(20-21-34(33)48-27-25-42(54)55)49(5)40(53)29-52-44(56)38(59-45(52)58)23-24-41-51(7)35-16-10-11-17-37(35)57-41/h8-24,28,48H,25-27,29H2,1-7H3,(H,54,55)/p+1. The quantitative estimate of drug-likeness (QED) is 0.0832. The van der Waals surface area contributed by atoms with E-state index in [1.807, 2.05) is 59.7 Å². The van der Waals surface area contributed by atoms with Crippen molar-refractivity contribution in [2.45, 2.75) is 51.4 Å². The van der Waals surface area contributed by atoms with Gasteiger partial charge < -0.3 is 29.9 Å². The zero-order valence-electron chi connectivity index (χ0n) is 34.5. The van der Waals surface area contributed by atoms with Crippen LogP contribution in [0.1, 0.15) is 51.7 Å². The summed E-state index contributed by atoms with van der Waals surface area (Å²) in [6.45, 7) is 9.02. The highest BCUT2D eigenvalue weighted by molar-refractivity contribution is 8.26. The Morgan fingerprint density at radius 1 is 0.966 bits per heavy atom. The molecule has 3 aliphatic rings. The summed E-state index contributed by atoms with van der Waals surface area (Å²) in [5.74, 6) is -0.188. The highest BCUT2D eigenvalue weighted by atomic mass is 32.2.